The molecule has 2 N–H and O–H groups in total. The fourth-order valence-corrected chi connectivity index (χ4v) is 9.35. The number of amides is 1. The van der Waals surface area contributed by atoms with Gasteiger partial charge in [0.15, 0.2) is 0 Å². The minimum absolute atomic E-state index is 0.00159. The Morgan fingerprint density at radius 1 is 0.493 bits per heavy atom. The molecular weight excluding hydrogens is 924 g/mol. The standard InChI is InChI=1S/C64H117N2O6P/c1-6-8-10-12-14-16-18-19-20-21-22-23-24-25-26-27-28-29-30-31-32-33-34-35-36-37-38-39-40-41-42-43-44-45-46-47-48-50-52-54-56-58-64(68)65-62(61-72-73(69,70)71-60-59-66(3,4)5)63(67)57-55-53-51-49-17-15-13-11-9-7-2/h8,10,14,16,19-20,22-23,25-26,28-29,55,57,62-63,67H,6-7,9,11-13,15,17-18,21,24,27,30-54,56,58-61H2,1-5H3,(H-,65,68,69,70)/b10-8-,16-14-,20-19-,23-22-,26-25-,29-28-,57-55+. The molecule has 0 aliphatic heterocycles. The van der Waals surface area contributed by atoms with Crippen LogP contribution in [-0.2, 0) is 18.4 Å². The lowest BCUT2D eigenvalue weighted by atomic mass is 10.0. The summed E-state index contributed by atoms with van der Waals surface area (Å²) in [5, 5.41) is 13.8. The van der Waals surface area contributed by atoms with Crippen LogP contribution in [-0.4, -0.2) is 68.5 Å². The zero-order valence-electron chi connectivity index (χ0n) is 48.3. The highest BCUT2D eigenvalue weighted by atomic mass is 31.2. The van der Waals surface area contributed by atoms with Crippen LogP contribution in [0.3, 0.4) is 0 Å². The minimum atomic E-state index is -4.59. The Morgan fingerprint density at radius 3 is 1.22 bits per heavy atom. The number of phosphoric acid groups is 1. The van der Waals surface area contributed by atoms with Gasteiger partial charge < -0.3 is 28.8 Å². The van der Waals surface area contributed by atoms with E-state index in [0.717, 1.165) is 77.0 Å². The Hall–Kier alpha value is -2.32. The molecule has 3 unspecified atom stereocenters. The van der Waals surface area contributed by atoms with Gasteiger partial charge in [-0.1, -0.05) is 272 Å². The van der Waals surface area contributed by atoms with E-state index in [1.807, 2.05) is 27.2 Å². The summed E-state index contributed by atoms with van der Waals surface area (Å²) in [7, 11) is 1.26. The number of quaternary nitrogens is 1. The molecule has 424 valence electrons. The Morgan fingerprint density at radius 2 is 0.836 bits per heavy atom. The van der Waals surface area contributed by atoms with Gasteiger partial charge in [-0.2, -0.15) is 0 Å². The van der Waals surface area contributed by atoms with E-state index in [1.54, 1.807) is 6.08 Å². The van der Waals surface area contributed by atoms with Crippen molar-refractivity contribution in [2.24, 2.45) is 0 Å². The zero-order valence-corrected chi connectivity index (χ0v) is 49.2. The molecule has 0 spiro atoms. The summed E-state index contributed by atoms with van der Waals surface area (Å²) in [6.45, 7) is 4.52. The highest BCUT2D eigenvalue weighted by Crippen LogP contribution is 2.38. The maximum Gasteiger partial charge on any atom is 0.268 e. The van der Waals surface area contributed by atoms with Crippen LogP contribution in [0.2, 0.25) is 0 Å². The molecule has 0 radical (unpaired) electrons. The van der Waals surface area contributed by atoms with E-state index >= 15 is 0 Å². The van der Waals surface area contributed by atoms with Crippen molar-refractivity contribution in [2.75, 3.05) is 40.9 Å². The van der Waals surface area contributed by atoms with E-state index in [0.29, 0.717) is 17.4 Å². The molecule has 0 aliphatic carbocycles. The number of rotatable bonds is 55. The number of nitrogens with zero attached hydrogens (tertiary/aromatic N) is 1. The van der Waals surface area contributed by atoms with Gasteiger partial charge in [-0.3, -0.25) is 9.36 Å². The molecule has 0 aromatic carbocycles. The van der Waals surface area contributed by atoms with Crippen molar-refractivity contribution < 1.29 is 32.9 Å². The normalized spacial score (nSPS) is 14.5. The van der Waals surface area contributed by atoms with Crippen LogP contribution in [0.15, 0.2) is 85.1 Å². The van der Waals surface area contributed by atoms with Gasteiger partial charge in [0.1, 0.15) is 13.2 Å². The molecule has 0 bridgehead atoms. The number of aliphatic hydroxyl groups is 1. The molecule has 0 heterocycles. The predicted octanol–water partition coefficient (Wildman–Crippen LogP) is 18.2. The van der Waals surface area contributed by atoms with Crippen LogP contribution in [0.4, 0.5) is 0 Å². The van der Waals surface area contributed by atoms with Crippen molar-refractivity contribution in [3.05, 3.63) is 85.1 Å². The highest BCUT2D eigenvalue weighted by Gasteiger charge is 2.23. The third-order valence-electron chi connectivity index (χ3n) is 13.4. The fourth-order valence-electron chi connectivity index (χ4n) is 8.63. The lowest BCUT2D eigenvalue weighted by molar-refractivity contribution is -0.870. The third-order valence-corrected chi connectivity index (χ3v) is 14.3. The molecule has 0 saturated carbocycles. The van der Waals surface area contributed by atoms with Crippen LogP contribution < -0.4 is 10.2 Å². The molecule has 73 heavy (non-hydrogen) atoms. The number of hydrogen-bond acceptors (Lipinski definition) is 6. The number of phosphoric ester groups is 1. The Kier molecular flexibility index (Phi) is 52.7. The first-order valence-corrected chi connectivity index (χ1v) is 31.9. The molecule has 0 aromatic rings. The van der Waals surface area contributed by atoms with Gasteiger partial charge in [0.2, 0.25) is 5.91 Å². The molecule has 0 fully saturated rings. The number of allylic oxidation sites excluding steroid dienone is 13. The molecule has 0 saturated heterocycles. The van der Waals surface area contributed by atoms with Gasteiger partial charge in [-0.05, 0) is 70.6 Å². The summed E-state index contributed by atoms with van der Waals surface area (Å²) in [6, 6.07) is -0.885. The second-order valence-electron chi connectivity index (χ2n) is 21.7. The quantitative estimate of drug-likeness (QED) is 0.0272. The average Bonchev–Trinajstić information content (AvgIpc) is 3.35. The number of nitrogens with one attached hydrogen (secondary N) is 1. The summed E-state index contributed by atoms with van der Waals surface area (Å²) in [5.41, 5.74) is 0. The van der Waals surface area contributed by atoms with Gasteiger partial charge in [0.05, 0.1) is 39.9 Å². The van der Waals surface area contributed by atoms with Crippen molar-refractivity contribution in [3.63, 3.8) is 0 Å². The summed E-state index contributed by atoms with van der Waals surface area (Å²) < 4.78 is 23.3. The summed E-state index contributed by atoms with van der Waals surface area (Å²) in [4.78, 5) is 25.4. The summed E-state index contributed by atoms with van der Waals surface area (Å²) in [5.74, 6) is -0.198. The van der Waals surface area contributed by atoms with E-state index in [1.165, 1.54) is 167 Å². The molecule has 0 aromatic heterocycles. The molecule has 9 heteroatoms. The highest BCUT2D eigenvalue weighted by molar-refractivity contribution is 7.45. The van der Waals surface area contributed by atoms with Crippen molar-refractivity contribution in [3.8, 4) is 0 Å². The smallest absolute Gasteiger partial charge is 0.268 e. The number of carbonyl (C=O) groups excluding carboxylic acids is 1. The minimum Gasteiger partial charge on any atom is -0.756 e. The summed E-state index contributed by atoms with van der Waals surface area (Å²) in [6.07, 6.45) is 77.0. The van der Waals surface area contributed by atoms with Crippen molar-refractivity contribution >= 4 is 13.7 Å². The first-order valence-electron chi connectivity index (χ1n) is 30.4. The van der Waals surface area contributed by atoms with Gasteiger partial charge in [-0.15, -0.1) is 0 Å². The number of hydrogen-bond donors (Lipinski definition) is 2. The number of aliphatic hydroxyl groups excluding tert-OH is 1. The molecule has 3 atom stereocenters. The van der Waals surface area contributed by atoms with Gasteiger partial charge >= 0.3 is 0 Å². The van der Waals surface area contributed by atoms with Gasteiger partial charge in [0.25, 0.3) is 7.82 Å². The van der Waals surface area contributed by atoms with Crippen LogP contribution in [0.5, 0.6) is 0 Å². The lowest BCUT2D eigenvalue weighted by Gasteiger charge is -2.29. The first kappa shape index (κ1) is 70.7. The van der Waals surface area contributed by atoms with Crippen LogP contribution in [0.1, 0.15) is 264 Å². The topological polar surface area (TPSA) is 108 Å². The van der Waals surface area contributed by atoms with Gasteiger partial charge in [0, 0.05) is 6.42 Å². The largest absolute Gasteiger partial charge is 0.756 e. The summed E-state index contributed by atoms with van der Waals surface area (Å²) >= 11 is 0. The fraction of sp³-hybridized carbons (Fsp3) is 0.766. The second kappa shape index (κ2) is 54.5. The first-order chi connectivity index (χ1) is 35.5. The van der Waals surface area contributed by atoms with E-state index in [9.17, 15) is 19.4 Å². The maximum atomic E-state index is 12.9. The number of likely N-dealkylation sites (N-methyl/N-ethyl adjacent to an activating group) is 1. The monoisotopic (exact) mass is 1040 g/mol. The molecule has 8 nitrogen and oxygen atoms in total. The maximum absolute atomic E-state index is 12.9. The van der Waals surface area contributed by atoms with E-state index < -0.39 is 20.0 Å². The van der Waals surface area contributed by atoms with E-state index in [-0.39, 0.29) is 19.1 Å². The molecule has 1 amide bonds. The van der Waals surface area contributed by atoms with E-state index in [4.69, 9.17) is 9.05 Å². The predicted molar refractivity (Wildman–Crippen MR) is 316 cm³/mol. The average molecular weight is 1040 g/mol. The number of unbranched alkanes of at least 4 members (excludes halogenated alkanes) is 30. The SMILES string of the molecule is CC/C=C\C/C=C\C/C=C\C/C=C\C/C=C\C/C=C\CCCCCCCCCCCCCCCCCCCCCCCCC(=O)NC(COP(=O)([O-])OCC[N+](C)(C)C)C(O)/C=C/CCCCCCCCCC. The van der Waals surface area contributed by atoms with Gasteiger partial charge in [-0.25, -0.2) is 0 Å². The van der Waals surface area contributed by atoms with Crippen LogP contribution in [0, 0.1) is 0 Å². The zero-order chi connectivity index (χ0) is 53.5. The lowest BCUT2D eigenvalue weighted by Crippen LogP contribution is -2.45. The van der Waals surface area contributed by atoms with Crippen LogP contribution >= 0.6 is 7.82 Å². The Balaban J connectivity index is 3.84. The third kappa shape index (κ3) is 57.2. The molecular formula is C64H117N2O6P. The van der Waals surface area contributed by atoms with Crippen molar-refractivity contribution in [2.45, 2.75) is 276 Å². The Bertz CT molecular complexity index is 1460. The van der Waals surface area contributed by atoms with Crippen LogP contribution in [0.25, 0.3) is 0 Å². The Labute approximate surface area is 452 Å². The van der Waals surface area contributed by atoms with Crippen molar-refractivity contribution in [1.29, 1.82) is 0 Å². The molecule has 0 rings (SSSR count). The number of carbonyl (C=O) groups is 1. The molecule has 0 aliphatic rings. The second-order valence-corrected chi connectivity index (χ2v) is 23.1. The van der Waals surface area contributed by atoms with Crippen molar-refractivity contribution in [1.82, 2.24) is 5.32 Å². The van der Waals surface area contributed by atoms with E-state index in [2.05, 4.69) is 92.1 Å².